The quantitative estimate of drug-likeness (QED) is 0.418. The van der Waals surface area contributed by atoms with Crippen LogP contribution in [0.1, 0.15) is 4.88 Å². The van der Waals surface area contributed by atoms with Crippen molar-refractivity contribution in [1.29, 1.82) is 0 Å². The van der Waals surface area contributed by atoms with Gasteiger partial charge in [-0.3, -0.25) is 9.30 Å². The Balaban J connectivity index is 0.000000384. The number of piperazine rings is 1. The second kappa shape index (κ2) is 11.0. The van der Waals surface area contributed by atoms with Gasteiger partial charge in [0.05, 0.1) is 19.0 Å². The largest absolute Gasteiger partial charge is 0.497 e. The fraction of sp³-hybridized carbons (Fsp3) is 0.292. The summed E-state index contributed by atoms with van der Waals surface area (Å²) in [6.07, 6.45) is 0.697. The van der Waals surface area contributed by atoms with Gasteiger partial charge in [-0.05, 0) is 35.7 Å². The number of alkyl halides is 3. The lowest BCUT2D eigenvalue weighted by Crippen LogP contribution is -2.46. The van der Waals surface area contributed by atoms with Gasteiger partial charge in [0.25, 0.3) is 0 Å². The number of fused-ring (bicyclic) bond motifs is 1. The van der Waals surface area contributed by atoms with E-state index in [4.69, 9.17) is 19.6 Å². The van der Waals surface area contributed by atoms with Crippen molar-refractivity contribution in [2.75, 3.05) is 38.2 Å². The Hall–Kier alpha value is -3.64. The predicted molar refractivity (Wildman–Crippen MR) is 130 cm³/mol. The van der Waals surface area contributed by atoms with Crippen LogP contribution in [-0.2, 0) is 11.3 Å². The maximum Gasteiger partial charge on any atom is 0.490 e. The lowest BCUT2D eigenvalue weighted by molar-refractivity contribution is -0.192. The zero-order valence-electron chi connectivity index (χ0n) is 19.4. The number of ether oxygens (including phenoxy) is 1. The number of hydrogen-bond acceptors (Lipinski definition) is 7. The van der Waals surface area contributed by atoms with E-state index >= 15 is 0 Å². The highest BCUT2D eigenvalue weighted by atomic mass is 32.1. The second-order valence-corrected chi connectivity index (χ2v) is 8.99. The number of hydrogen-bond donors (Lipinski definition) is 1. The van der Waals surface area contributed by atoms with Crippen LogP contribution in [0, 0.1) is 0 Å². The van der Waals surface area contributed by atoms with Crippen LogP contribution < -0.4 is 9.64 Å². The number of aromatic nitrogens is 3. The van der Waals surface area contributed by atoms with Gasteiger partial charge < -0.3 is 14.7 Å². The summed E-state index contributed by atoms with van der Waals surface area (Å²) in [5.74, 6) is -0.944. The molecule has 0 saturated carbocycles. The summed E-state index contributed by atoms with van der Waals surface area (Å²) < 4.78 is 39.1. The van der Waals surface area contributed by atoms with Gasteiger partial charge in [0.15, 0.2) is 11.5 Å². The third-order valence-corrected chi connectivity index (χ3v) is 6.53. The molecule has 0 spiro atoms. The highest BCUT2D eigenvalue weighted by Crippen LogP contribution is 2.27. The molecule has 4 heterocycles. The Morgan fingerprint density at radius 1 is 1.11 bits per heavy atom. The number of anilines is 1. The number of carboxylic acid groups (broad SMARTS) is 1. The topological polar surface area (TPSA) is 83.2 Å². The average molecular weight is 520 g/mol. The van der Waals surface area contributed by atoms with Crippen molar-refractivity contribution in [3.63, 3.8) is 0 Å². The van der Waals surface area contributed by atoms with E-state index in [1.807, 2.05) is 42.1 Å². The lowest BCUT2D eigenvalue weighted by atomic mass is 10.1. The number of methoxy groups -OCH3 is 1. The molecule has 1 aromatic carbocycles. The maximum atomic E-state index is 10.6. The van der Waals surface area contributed by atoms with Gasteiger partial charge in [-0.2, -0.15) is 13.2 Å². The molecule has 1 fully saturated rings. The Labute approximate surface area is 209 Å². The molecule has 1 N–H and O–H groups in total. The first-order chi connectivity index (χ1) is 17.3. The first-order valence-corrected chi connectivity index (χ1v) is 11.9. The SMILES string of the molecule is COc1ccc(-c2cnc3c(N4CCN(Cc5cccs5)CC4)nccn23)cc1.O=C(O)C(F)(F)F. The molecular formula is C24H24F3N5O3S. The summed E-state index contributed by atoms with van der Waals surface area (Å²) in [7, 11) is 1.68. The summed E-state index contributed by atoms with van der Waals surface area (Å²) in [5.41, 5.74) is 3.07. The fourth-order valence-electron chi connectivity index (χ4n) is 3.84. The number of aliphatic carboxylic acids is 1. The molecule has 12 heteroatoms. The predicted octanol–water partition coefficient (Wildman–Crippen LogP) is 4.42. The van der Waals surface area contributed by atoms with Crippen LogP contribution in [0.3, 0.4) is 0 Å². The number of imidazole rings is 1. The molecule has 0 unspecified atom stereocenters. The van der Waals surface area contributed by atoms with Gasteiger partial charge in [-0.1, -0.05) is 6.07 Å². The molecule has 0 amide bonds. The Kier molecular flexibility index (Phi) is 7.75. The molecule has 5 rings (SSSR count). The van der Waals surface area contributed by atoms with Crippen molar-refractivity contribution in [3.05, 3.63) is 65.2 Å². The Morgan fingerprint density at radius 3 is 2.39 bits per heavy atom. The van der Waals surface area contributed by atoms with E-state index in [0.29, 0.717) is 0 Å². The molecule has 190 valence electrons. The number of carbonyl (C=O) groups is 1. The maximum absolute atomic E-state index is 10.6. The van der Waals surface area contributed by atoms with Crippen molar-refractivity contribution in [1.82, 2.24) is 19.3 Å². The number of nitrogens with zero attached hydrogens (tertiary/aromatic N) is 5. The van der Waals surface area contributed by atoms with E-state index in [1.165, 1.54) is 4.88 Å². The minimum Gasteiger partial charge on any atom is -0.497 e. The summed E-state index contributed by atoms with van der Waals surface area (Å²) in [4.78, 5) is 24.6. The summed E-state index contributed by atoms with van der Waals surface area (Å²) >= 11 is 1.83. The molecule has 0 aliphatic carbocycles. The molecule has 0 radical (unpaired) electrons. The van der Waals surface area contributed by atoms with Crippen molar-refractivity contribution in [2.45, 2.75) is 12.7 Å². The molecule has 0 bridgehead atoms. The monoisotopic (exact) mass is 519 g/mol. The number of rotatable bonds is 5. The fourth-order valence-corrected chi connectivity index (χ4v) is 4.59. The highest BCUT2D eigenvalue weighted by molar-refractivity contribution is 7.09. The molecule has 1 saturated heterocycles. The summed E-state index contributed by atoms with van der Waals surface area (Å²) in [6, 6.07) is 12.4. The molecule has 1 aliphatic heterocycles. The molecule has 0 atom stereocenters. The van der Waals surface area contributed by atoms with Crippen LogP contribution in [0.15, 0.2) is 60.4 Å². The number of carboxylic acids is 1. The molecule has 3 aromatic heterocycles. The lowest BCUT2D eigenvalue weighted by Gasteiger charge is -2.35. The van der Waals surface area contributed by atoms with Crippen LogP contribution in [0.5, 0.6) is 5.75 Å². The Morgan fingerprint density at radius 2 is 1.81 bits per heavy atom. The zero-order valence-corrected chi connectivity index (χ0v) is 20.2. The van der Waals surface area contributed by atoms with Crippen molar-refractivity contribution < 1.29 is 27.8 Å². The molecular weight excluding hydrogens is 495 g/mol. The van der Waals surface area contributed by atoms with Gasteiger partial charge in [-0.25, -0.2) is 14.8 Å². The Bertz CT molecular complexity index is 1280. The van der Waals surface area contributed by atoms with Gasteiger partial charge in [0, 0.05) is 55.6 Å². The van der Waals surface area contributed by atoms with E-state index in [2.05, 4.69) is 48.8 Å². The van der Waals surface area contributed by atoms with Gasteiger partial charge >= 0.3 is 12.1 Å². The van der Waals surface area contributed by atoms with Crippen LogP contribution in [0.25, 0.3) is 16.9 Å². The van der Waals surface area contributed by atoms with Crippen molar-refractivity contribution in [3.8, 4) is 17.0 Å². The third kappa shape index (κ3) is 5.94. The minimum absolute atomic E-state index is 0.852. The normalized spacial score (nSPS) is 14.4. The number of halogens is 3. The molecule has 8 nitrogen and oxygen atoms in total. The first kappa shape index (κ1) is 25.5. The number of benzene rings is 1. The van der Waals surface area contributed by atoms with Gasteiger partial charge in [0.2, 0.25) is 0 Å². The third-order valence-electron chi connectivity index (χ3n) is 5.67. The summed E-state index contributed by atoms with van der Waals surface area (Å²) in [6.45, 7) is 5.03. The minimum atomic E-state index is -5.08. The van der Waals surface area contributed by atoms with Crippen molar-refractivity contribution in [2.24, 2.45) is 0 Å². The standard InChI is InChI=1S/C22H23N5OS.C2HF3O2/c1-28-18-6-4-17(5-7-18)20-15-24-22-21(23-8-9-27(20)22)26-12-10-25(11-13-26)16-19-3-2-14-29-19;3-2(4,5)1(6)7/h2-9,14-15H,10-13,16H2,1H3;(H,6,7). The number of thiophene rings is 1. The molecule has 36 heavy (non-hydrogen) atoms. The van der Waals surface area contributed by atoms with Gasteiger partial charge in [-0.15, -0.1) is 11.3 Å². The second-order valence-electron chi connectivity index (χ2n) is 7.96. The first-order valence-electron chi connectivity index (χ1n) is 11.0. The van der Waals surface area contributed by atoms with Crippen LogP contribution in [0.4, 0.5) is 19.0 Å². The zero-order chi connectivity index (χ0) is 25.7. The van der Waals surface area contributed by atoms with Crippen molar-refractivity contribution >= 4 is 28.8 Å². The van der Waals surface area contributed by atoms with E-state index in [9.17, 15) is 13.2 Å². The van der Waals surface area contributed by atoms with Crippen LogP contribution >= 0.6 is 11.3 Å². The van der Waals surface area contributed by atoms with Crippen LogP contribution in [-0.4, -0.2) is 69.8 Å². The van der Waals surface area contributed by atoms with E-state index < -0.39 is 12.1 Å². The van der Waals surface area contributed by atoms with E-state index in [1.54, 1.807) is 7.11 Å². The highest BCUT2D eigenvalue weighted by Gasteiger charge is 2.38. The smallest absolute Gasteiger partial charge is 0.490 e. The van der Waals surface area contributed by atoms with Crippen LogP contribution in [0.2, 0.25) is 0 Å². The van der Waals surface area contributed by atoms with E-state index in [0.717, 1.165) is 61.2 Å². The molecule has 1 aliphatic rings. The van der Waals surface area contributed by atoms with Gasteiger partial charge in [0.1, 0.15) is 5.75 Å². The molecule has 4 aromatic rings. The summed E-state index contributed by atoms with van der Waals surface area (Å²) in [5, 5.41) is 9.27. The van der Waals surface area contributed by atoms with E-state index in [-0.39, 0.29) is 0 Å². The average Bonchev–Trinajstić information content (AvgIpc) is 3.54.